The molecular weight excluding hydrogens is 348 g/mol. The maximum atomic E-state index is 12.8. The molecule has 3 rings (SSSR count). The maximum Gasteiger partial charge on any atom is 0.262 e. The number of methoxy groups -OCH3 is 2. The molecule has 6 heteroatoms. The summed E-state index contributed by atoms with van der Waals surface area (Å²) in [5.74, 6) is 2.13. The van der Waals surface area contributed by atoms with Gasteiger partial charge in [0.2, 0.25) is 0 Å². The predicted octanol–water partition coefficient (Wildman–Crippen LogP) is 3.89. The molecule has 0 atom stereocenters. The molecule has 0 saturated carbocycles. The second-order valence-electron chi connectivity index (χ2n) is 5.58. The normalized spacial score (nSPS) is 10.7. The van der Waals surface area contributed by atoms with Crippen molar-refractivity contribution in [2.24, 2.45) is 0 Å². The molecule has 5 nitrogen and oxygen atoms in total. The summed E-state index contributed by atoms with van der Waals surface area (Å²) in [7, 11) is 3.27. The zero-order valence-corrected chi connectivity index (χ0v) is 15.6. The quantitative estimate of drug-likeness (QED) is 0.360. The van der Waals surface area contributed by atoms with Crippen molar-refractivity contribution in [1.29, 1.82) is 0 Å². The third-order valence-electron chi connectivity index (χ3n) is 3.98. The summed E-state index contributed by atoms with van der Waals surface area (Å²) in [4.78, 5) is 17.5. The lowest BCUT2D eigenvalue weighted by atomic mass is 10.2. The summed E-state index contributed by atoms with van der Waals surface area (Å²) >= 11 is 1.49. The number of thioether (sulfide) groups is 1. The summed E-state index contributed by atoms with van der Waals surface area (Å²) in [5, 5.41) is 1.26. The van der Waals surface area contributed by atoms with Crippen LogP contribution in [-0.4, -0.2) is 23.8 Å². The zero-order chi connectivity index (χ0) is 18.5. The molecule has 134 valence electrons. The number of nitrogens with zero attached hydrogens (tertiary/aromatic N) is 2. The molecule has 0 aliphatic carbocycles. The fourth-order valence-corrected chi connectivity index (χ4v) is 3.67. The lowest BCUT2D eigenvalue weighted by Crippen LogP contribution is -2.22. The third-order valence-corrected chi connectivity index (χ3v) is 5.01. The van der Waals surface area contributed by atoms with Crippen LogP contribution in [0.3, 0.4) is 0 Å². The summed E-state index contributed by atoms with van der Waals surface area (Å²) in [6, 6.07) is 13.0. The Morgan fingerprint density at radius 1 is 1.19 bits per heavy atom. The molecule has 0 aliphatic rings. The predicted molar refractivity (Wildman–Crippen MR) is 105 cm³/mol. The first-order valence-electron chi connectivity index (χ1n) is 8.12. The molecule has 0 fully saturated rings. The number of ether oxygens (including phenoxy) is 2. The first-order valence-corrected chi connectivity index (χ1v) is 9.10. The Labute approximate surface area is 156 Å². The van der Waals surface area contributed by atoms with Gasteiger partial charge in [-0.25, -0.2) is 4.98 Å². The van der Waals surface area contributed by atoms with E-state index in [1.165, 1.54) is 11.8 Å². The molecule has 0 amide bonds. The average Bonchev–Trinajstić information content (AvgIpc) is 2.68. The Balaban J connectivity index is 2.00. The van der Waals surface area contributed by atoms with E-state index in [0.717, 1.165) is 17.1 Å². The Morgan fingerprint density at radius 2 is 2.00 bits per heavy atom. The number of hydrogen-bond donors (Lipinski definition) is 0. The largest absolute Gasteiger partial charge is 0.497 e. The van der Waals surface area contributed by atoms with Gasteiger partial charge in [0.05, 0.1) is 25.1 Å². The molecule has 2 aromatic carbocycles. The number of aromatic nitrogens is 2. The molecule has 0 saturated heterocycles. The van der Waals surface area contributed by atoms with Crippen LogP contribution in [0.2, 0.25) is 0 Å². The molecule has 0 unspecified atom stereocenters. The smallest absolute Gasteiger partial charge is 0.262 e. The molecule has 0 N–H and O–H groups in total. The standard InChI is InChI=1S/C20H20N2O3S/c1-4-11-22-19(23)16-7-5-6-8-17(16)21-20(22)26-13-14-12-15(24-2)9-10-18(14)25-3/h4-10,12H,1,11,13H2,2-3H3. The van der Waals surface area contributed by atoms with Gasteiger partial charge in [-0.05, 0) is 30.3 Å². The van der Waals surface area contributed by atoms with E-state index in [0.29, 0.717) is 28.4 Å². The van der Waals surface area contributed by atoms with Crippen LogP contribution in [0.25, 0.3) is 10.9 Å². The number of para-hydroxylation sites is 1. The Hall–Kier alpha value is -2.73. The van der Waals surface area contributed by atoms with Crippen molar-refractivity contribution in [2.75, 3.05) is 14.2 Å². The topological polar surface area (TPSA) is 53.4 Å². The SMILES string of the molecule is C=CCn1c(SCc2cc(OC)ccc2OC)nc2ccccc2c1=O. The molecule has 3 aromatic rings. The van der Waals surface area contributed by atoms with Gasteiger partial charge in [-0.1, -0.05) is 30.0 Å². The van der Waals surface area contributed by atoms with E-state index >= 15 is 0 Å². The van der Waals surface area contributed by atoms with Crippen molar-refractivity contribution in [3.05, 3.63) is 71.0 Å². The highest BCUT2D eigenvalue weighted by atomic mass is 32.2. The van der Waals surface area contributed by atoms with Crippen molar-refractivity contribution >= 4 is 22.7 Å². The minimum atomic E-state index is -0.0596. The first kappa shape index (κ1) is 18.1. The van der Waals surface area contributed by atoms with Gasteiger partial charge in [0.25, 0.3) is 5.56 Å². The molecule has 1 heterocycles. The monoisotopic (exact) mass is 368 g/mol. The number of fused-ring (bicyclic) bond motifs is 1. The lowest BCUT2D eigenvalue weighted by molar-refractivity contribution is 0.400. The van der Waals surface area contributed by atoms with Crippen molar-refractivity contribution in [1.82, 2.24) is 9.55 Å². The summed E-state index contributed by atoms with van der Waals surface area (Å²) in [6.45, 7) is 4.16. The third kappa shape index (κ3) is 3.60. The van der Waals surface area contributed by atoms with E-state index < -0.39 is 0 Å². The minimum Gasteiger partial charge on any atom is -0.497 e. The second-order valence-corrected chi connectivity index (χ2v) is 6.52. The van der Waals surface area contributed by atoms with E-state index in [2.05, 4.69) is 11.6 Å². The van der Waals surface area contributed by atoms with Crippen molar-refractivity contribution in [3.8, 4) is 11.5 Å². The zero-order valence-electron chi connectivity index (χ0n) is 14.8. The average molecular weight is 368 g/mol. The van der Waals surface area contributed by atoms with Crippen LogP contribution in [0.1, 0.15) is 5.56 Å². The Kier molecular flexibility index (Phi) is 5.63. The highest BCUT2D eigenvalue weighted by Gasteiger charge is 2.12. The van der Waals surface area contributed by atoms with Crippen molar-refractivity contribution in [3.63, 3.8) is 0 Å². The lowest BCUT2D eigenvalue weighted by Gasteiger charge is -2.13. The molecule has 0 aliphatic heterocycles. The van der Waals surface area contributed by atoms with E-state index in [1.54, 1.807) is 30.9 Å². The Morgan fingerprint density at radius 3 is 2.73 bits per heavy atom. The van der Waals surface area contributed by atoms with Crippen LogP contribution in [0, 0.1) is 0 Å². The summed E-state index contributed by atoms with van der Waals surface area (Å²) < 4.78 is 12.4. The number of hydrogen-bond acceptors (Lipinski definition) is 5. The fraction of sp³-hybridized carbons (Fsp3) is 0.200. The minimum absolute atomic E-state index is 0.0596. The Bertz CT molecular complexity index is 998. The van der Waals surface area contributed by atoms with Crippen molar-refractivity contribution < 1.29 is 9.47 Å². The van der Waals surface area contributed by atoms with Crippen LogP contribution in [-0.2, 0) is 12.3 Å². The molecule has 0 radical (unpaired) electrons. The molecule has 0 bridgehead atoms. The number of benzene rings is 2. The molecule has 1 aromatic heterocycles. The molecular formula is C20H20N2O3S. The van der Waals surface area contributed by atoms with Gasteiger partial charge < -0.3 is 9.47 Å². The van der Waals surface area contributed by atoms with Crippen LogP contribution < -0.4 is 15.0 Å². The summed E-state index contributed by atoms with van der Waals surface area (Å²) in [5.41, 5.74) is 1.61. The maximum absolute atomic E-state index is 12.8. The number of allylic oxidation sites excluding steroid dienone is 1. The second kappa shape index (κ2) is 8.10. The molecule has 0 spiro atoms. The van der Waals surface area contributed by atoms with Gasteiger partial charge in [0.1, 0.15) is 11.5 Å². The van der Waals surface area contributed by atoms with Gasteiger partial charge >= 0.3 is 0 Å². The fourth-order valence-electron chi connectivity index (χ4n) is 2.68. The van der Waals surface area contributed by atoms with E-state index in [1.807, 2.05) is 36.4 Å². The van der Waals surface area contributed by atoms with Gasteiger partial charge in [-0.15, -0.1) is 6.58 Å². The van der Waals surface area contributed by atoms with Gasteiger partial charge in [0.15, 0.2) is 5.16 Å². The van der Waals surface area contributed by atoms with Gasteiger partial charge in [0, 0.05) is 17.9 Å². The van der Waals surface area contributed by atoms with Crippen LogP contribution in [0.5, 0.6) is 11.5 Å². The van der Waals surface area contributed by atoms with E-state index in [-0.39, 0.29) is 5.56 Å². The first-order chi connectivity index (χ1) is 12.7. The molecule has 26 heavy (non-hydrogen) atoms. The highest BCUT2D eigenvalue weighted by Crippen LogP contribution is 2.30. The van der Waals surface area contributed by atoms with Gasteiger partial charge in [-0.2, -0.15) is 0 Å². The van der Waals surface area contributed by atoms with Crippen LogP contribution in [0.15, 0.2) is 65.1 Å². The van der Waals surface area contributed by atoms with Crippen LogP contribution >= 0.6 is 11.8 Å². The van der Waals surface area contributed by atoms with E-state index in [9.17, 15) is 4.79 Å². The van der Waals surface area contributed by atoms with Gasteiger partial charge in [-0.3, -0.25) is 9.36 Å². The van der Waals surface area contributed by atoms with Crippen molar-refractivity contribution in [2.45, 2.75) is 17.5 Å². The van der Waals surface area contributed by atoms with Crippen LogP contribution in [0.4, 0.5) is 0 Å². The summed E-state index contributed by atoms with van der Waals surface area (Å²) in [6.07, 6.45) is 1.70. The van der Waals surface area contributed by atoms with E-state index in [4.69, 9.17) is 9.47 Å². The number of rotatable bonds is 7. The highest BCUT2D eigenvalue weighted by molar-refractivity contribution is 7.98.